The lowest BCUT2D eigenvalue weighted by Crippen LogP contribution is -2.32. The molecule has 1 unspecified atom stereocenters. The zero-order valence-corrected chi connectivity index (χ0v) is 8.14. The molecule has 5 nitrogen and oxygen atoms in total. The molecule has 1 fully saturated rings. The molecule has 74 valence electrons. The smallest absolute Gasteiger partial charge is 0.400 e. The van der Waals surface area contributed by atoms with Crippen LogP contribution >= 0.6 is 0 Å². The number of hydrogen-bond donors (Lipinski definition) is 0. The molecule has 1 saturated heterocycles. The highest BCUT2D eigenvalue weighted by Gasteiger charge is 2.45. The summed E-state index contributed by atoms with van der Waals surface area (Å²) in [5.41, 5.74) is -0.715. The second kappa shape index (κ2) is 3.29. The van der Waals surface area contributed by atoms with E-state index in [9.17, 15) is 8.42 Å². The summed E-state index contributed by atoms with van der Waals surface area (Å²) in [6.45, 7) is 5.26. The van der Waals surface area contributed by atoms with Gasteiger partial charge in [-0.15, -0.1) is 0 Å². The standard InChI is InChI=1S/C6H12O4S.H2O/c1-4-5-6(2,3)10-11(7,8)9-5;/h5H,4H2,1-3H3;1H2. The van der Waals surface area contributed by atoms with Gasteiger partial charge in [0, 0.05) is 0 Å². The fourth-order valence-electron chi connectivity index (χ4n) is 1.15. The van der Waals surface area contributed by atoms with Crippen molar-refractivity contribution in [3.63, 3.8) is 0 Å². The third kappa shape index (κ3) is 2.16. The molecule has 0 bridgehead atoms. The van der Waals surface area contributed by atoms with Gasteiger partial charge in [0.1, 0.15) is 11.7 Å². The van der Waals surface area contributed by atoms with Crippen LogP contribution in [0.15, 0.2) is 0 Å². The van der Waals surface area contributed by atoms with Crippen molar-refractivity contribution in [1.82, 2.24) is 0 Å². The molecule has 1 heterocycles. The Labute approximate surface area is 72.3 Å². The molecule has 0 aromatic rings. The van der Waals surface area contributed by atoms with Crippen LogP contribution < -0.4 is 0 Å². The van der Waals surface area contributed by atoms with Crippen molar-refractivity contribution < 1.29 is 22.3 Å². The van der Waals surface area contributed by atoms with E-state index >= 15 is 0 Å². The molecule has 1 aliphatic rings. The molecular weight excluding hydrogens is 184 g/mol. The van der Waals surface area contributed by atoms with Crippen LogP contribution in [0.3, 0.4) is 0 Å². The van der Waals surface area contributed by atoms with Crippen LogP contribution in [0.25, 0.3) is 0 Å². The minimum Gasteiger partial charge on any atom is -0.412 e. The second-order valence-corrected chi connectivity index (χ2v) is 4.26. The van der Waals surface area contributed by atoms with E-state index in [1.165, 1.54) is 0 Å². The first-order valence-corrected chi connectivity index (χ1v) is 4.84. The fourth-order valence-corrected chi connectivity index (χ4v) is 2.48. The topological polar surface area (TPSA) is 84.1 Å². The van der Waals surface area contributed by atoms with Gasteiger partial charge in [0.05, 0.1) is 0 Å². The van der Waals surface area contributed by atoms with Crippen LogP contribution in [0.2, 0.25) is 0 Å². The van der Waals surface area contributed by atoms with E-state index in [0.717, 1.165) is 0 Å². The fraction of sp³-hybridized carbons (Fsp3) is 1.00. The van der Waals surface area contributed by atoms with Crippen molar-refractivity contribution in [3.05, 3.63) is 0 Å². The number of rotatable bonds is 1. The highest BCUT2D eigenvalue weighted by molar-refractivity contribution is 7.82. The van der Waals surface area contributed by atoms with Crippen LogP contribution in [-0.2, 0) is 18.8 Å². The zero-order valence-electron chi connectivity index (χ0n) is 7.33. The van der Waals surface area contributed by atoms with E-state index in [-0.39, 0.29) is 11.6 Å². The SMILES string of the molecule is CCC1OS(=O)(=O)OC1(C)C.O. The maximum atomic E-state index is 10.8. The summed E-state index contributed by atoms with van der Waals surface area (Å²) in [5, 5.41) is 0. The van der Waals surface area contributed by atoms with Gasteiger partial charge in [-0.1, -0.05) is 6.92 Å². The Bertz CT molecular complexity index is 243. The lowest BCUT2D eigenvalue weighted by atomic mass is 10.0. The molecule has 0 aromatic heterocycles. The molecule has 6 heteroatoms. The molecule has 1 rings (SSSR count). The molecule has 0 spiro atoms. The molecule has 0 aromatic carbocycles. The zero-order chi connectivity index (χ0) is 8.70. The van der Waals surface area contributed by atoms with Crippen LogP contribution in [0, 0.1) is 0 Å². The van der Waals surface area contributed by atoms with Gasteiger partial charge in [0.25, 0.3) is 0 Å². The molecule has 1 aliphatic heterocycles. The Morgan fingerprint density at radius 2 is 1.92 bits per heavy atom. The lowest BCUT2D eigenvalue weighted by Gasteiger charge is -2.18. The second-order valence-electron chi connectivity index (χ2n) is 3.09. The third-order valence-corrected chi connectivity index (χ3v) is 2.80. The molecule has 1 atom stereocenters. The van der Waals surface area contributed by atoms with E-state index < -0.39 is 16.0 Å². The summed E-state index contributed by atoms with van der Waals surface area (Å²) in [4.78, 5) is 0. The Hall–Kier alpha value is -0.170. The highest BCUT2D eigenvalue weighted by Crippen LogP contribution is 2.31. The van der Waals surface area contributed by atoms with Crippen molar-refractivity contribution >= 4 is 10.4 Å². The average molecular weight is 198 g/mol. The summed E-state index contributed by atoms with van der Waals surface area (Å²) in [5.74, 6) is 0. The number of hydrogen-bond acceptors (Lipinski definition) is 4. The van der Waals surface area contributed by atoms with Gasteiger partial charge in [-0.2, -0.15) is 8.42 Å². The average Bonchev–Trinajstić information content (AvgIpc) is 1.99. The molecule has 0 amide bonds. The first-order valence-electron chi connectivity index (χ1n) is 3.51. The Morgan fingerprint density at radius 3 is 2.08 bits per heavy atom. The molecule has 2 N–H and O–H groups in total. The van der Waals surface area contributed by atoms with Gasteiger partial charge in [-0.05, 0) is 20.3 Å². The maximum Gasteiger partial charge on any atom is 0.400 e. The highest BCUT2D eigenvalue weighted by atomic mass is 32.3. The Kier molecular flexibility index (Phi) is 3.25. The van der Waals surface area contributed by atoms with E-state index in [0.29, 0.717) is 6.42 Å². The van der Waals surface area contributed by atoms with E-state index in [4.69, 9.17) is 0 Å². The molecule has 0 aliphatic carbocycles. The Morgan fingerprint density at radius 1 is 1.42 bits per heavy atom. The minimum absolute atomic E-state index is 0. The van der Waals surface area contributed by atoms with Crippen molar-refractivity contribution in [3.8, 4) is 0 Å². The predicted octanol–water partition coefficient (Wildman–Crippen LogP) is 0.0105. The van der Waals surface area contributed by atoms with Crippen molar-refractivity contribution in [1.29, 1.82) is 0 Å². The first kappa shape index (κ1) is 11.8. The molecular formula is C6H14O5S. The van der Waals surface area contributed by atoms with Gasteiger partial charge < -0.3 is 5.48 Å². The van der Waals surface area contributed by atoms with E-state index in [1.807, 2.05) is 6.92 Å². The van der Waals surface area contributed by atoms with Crippen LogP contribution in [0.5, 0.6) is 0 Å². The minimum atomic E-state index is -3.72. The monoisotopic (exact) mass is 198 g/mol. The summed E-state index contributed by atoms with van der Waals surface area (Å²) >= 11 is 0. The summed E-state index contributed by atoms with van der Waals surface area (Å²) in [6.07, 6.45) is 0.277. The van der Waals surface area contributed by atoms with Gasteiger partial charge in [-0.3, -0.25) is 0 Å². The van der Waals surface area contributed by atoms with Crippen molar-refractivity contribution in [2.75, 3.05) is 0 Å². The van der Waals surface area contributed by atoms with Gasteiger partial charge in [0.2, 0.25) is 0 Å². The quantitative estimate of drug-likeness (QED) is 0.594. The summed E-state index contributed by atoms with van der Waals surface area (Å²) < 4.78 is 30.9. The van der Waals surface area contributed by atoms with Crippen LogP contribution in [0.1, 0.15) is 27.2 Å². The van der Waals surface area contributed by atoms with Crippen molar-refractivity contribution in [2.45, 2.75) is 38.9 Å². The third-order valence-electron chi connectivity index (χ3n) is 1.70. The van der Waals surface area contributed by atoms with Gasteiger partial charge in [-0.25, -0.2) is 8.37 Å². The van der Waals surface area contributed by atoms with Crippen molar-refractivity contribution in [2.24, 2.45) is 0 Å². The summed E-state index contributed by atoms with van der Waals surface area (Å²) in [7, 11) is -3.72. The predicted molar refractivity (Wildman–Crippen MR) is 42.9 cm³/mol. The molecule has 12 heavy (non-hydrogen) atoms. The maximum absolute atomic E-state index is 10.8. The normalized spacial score (nSPS) is 31.1. The van der Waals surface area contributed by atoms with Crippen LogP contribution in [0.4, 0.5) is 0 Å². The Balaban J connectivity index is 0.00000121. The van der Waals surface area contributed by atoms with Crippen LogP contribution in [-0.4, -0.2) is 25.6 Å². The largest absolute Gasteiger partial charge is 0.412 e. The molecule has 0 radical (unpaired) electrons. The summed E-state index contributed by atoms with van der Waals surface area (Å²) in [6, 6.07) is 0. The molecule has 0 saturated carbocycles. The van der Waals surface area contributed by atoms with E-state index in [2.05, 4.69) is 8.37 Å². The van der Waals surface area contributed by atoms with Gasteiger partial charge in [0.15, 0.2) is 0 Å². The first-order chi connectivity index (χ1) is 4.87. The lowest BCUT2D eigenvalue weighted by molar-refractivity contribution is 0.0710. The van der Waals surface area contributed by atoms with Gasteiger partial charge >= 0.3 is 10.4 Å². The van der Waals surface area contributed by atoms with E-state index in [1.54, 1.807) is 13.8 Å².